The minimum absolute atomic E-state index is 0.00842. The monoisotopic (exact) mass is 292 g/mol. The maximum absolute atomic E-state index is 12.0. The second-order valence-electron chi connectivity index (χ2n) is 5.74. The molecule has 1 aromatic rings. The number of amides is 1. The molecule has 1 amide bonds. The largest absolute Gasteiger partial charge is 0.396 e. The summed E-state index contributed by atoms with van der Waals surface area (Å²) in [4.78, 5) is 13.9. The highest BCUT2D eigenvalue weighted by molar-refractivity contribution is 5.78. The molecule has 0 radical (unpaired) electrons. The second-order valence-corrected chi connectivity index (χ2v) is 5.74. The van der Waals surface area contributed by atoms with Crippen molar-refractivity contribution in [2.45, 2.75) is 26.0 Å². The van der Waals surface area contributed by atoms with E-state index in [0.29, 0.717) is 19.6 Å². The summed E-state index contributed by atoms with van der Waals surface area (Å²) in [6.07, 6.45) is 0.177. The summed E-state index contributed by atoms with van der Waals surface area (Å²) in [5.41, 5.74) is 2.28. The number of carbonyl (C=O) groups excluding carboxylic acids is 1. The van der Waals surface area contributed by atoms with E-state index in [1.54, 1.807) is 0 Å². The molecule has 0 saturated carbocycles. The molecule has 116 valence electrons. The molecule has 2 atom stereocenters. The third-order valence-electron chi connectivity index (χ3n) is 4.14. The van der Waals surface area contributed by atoms with Crippen LogP contribution < -0.4 is 5.32 Å². The molecule has 5 heteroatoms. The first-order valence-corrected chi connectivity index (χ1v) is 7.42. The first-order chi connectivity index (χ1) is 10.1. The predicted octanol–water partition coefficient (Wildman–Crippen LogP) is 0.286. The minimum atomic E-state index is -0.548. The number of rotatable bonds is 5. The van der Waals surface area contributed by atoms with Crippen LogP contribution in [0.1, 0.15) is 17.5 Å². The predicted molar refractivity (Wildman–Crippen MR) is 80.7 cm³/mol. The molecule has 1 aliphatic heterocycles. The van der Waals surface area contributed by atoms with Gasteiger partial charge in [0.25, 0.3) is 0 Å². The molecule has 21 heavy (non-hydrogen) atoms. The van der Waals surface area contributed by atoms with Gasteiger partial charge in [0.1, 0.15) is 0 Å². The Morgan fingerprint density at radius 3 is 2.86 bits per heavy atom. The molecule has 5 nitrogen and oxygen atoms in total. The van der Waals surface area contributed by atoms with Crippen molar-refractivity contribution in [1.82, 2.24) is 10.2 Å². The van der Waals surface area contributed by atoms with E-state index >= 15 is 0 Å². The number of carbonyl (C=O) groups is 1. The Balaban J connectivity index is 1.76. The number of benzene rings is 1. The van der Waals surface area contributed by atoms with Gasteiger partial charge in [-0.2, -0.15) is 0 Å². The van der Waals surface area contributed by atoms with Crippen LogP contribution in [0, 0.1) is 12.8 Å². The molecule has 1 aliphatic rings. The summed E-state index contributed by atoms with van der Waals surface area (Å²) in [6, 6.07) is 7.97. The lowest BCUT2D eigenvalue weighted by molar-refractivity contribution is -0.123. The fourth-order valence-electron chi connectivity index (χ4n) is 2.66. The summed E-state index contributed by atoms with van der Waals surface area (Å²) in [7, 11) is 0. The van der Waals surface area contributed by atoms with E-state index in [4.69, 9.17) is 5.11 Å². The van der Waals surface area contributed by atoms with Crippen molar-refractivity contribution in [3.63, 3.8) is 0 Å². The third-order valence-corrected chi connectivity index (χ3v) is 4.14. The normalized spacial score (nSPS) is 23.0. The number of nitrogens with zero attached hydrogens (tertiary/aromatic N) is 1. The SMILES string of the molecule is Cc1ccccc1CNC(=O)CN1CC[C@H](CO)[C@@H](O)C1. The van der Waals surface area contributed by atoms with E-state index in [1.165, 1.54) is 0 Å². The lowest BCUT2D eigenvalue weighted by Crippen LogP contribution is -2.48. The second kappa shape index (κ2) is 7.54. The molecular formula is C16H24N2O3. The first-order valence-electron chi connectivity index (χ1n) is 7.42. The van der Waals surface area contributed by atoms with Gasteiger partial charge < -0.3 is 15.5 Å². The molecule has 1 heterocycles. The van der Waals surface area contributed by atoms with E-state index in [9.17, 15) is 9.90 Å². The quantitative estimate of drug-likeness (QED) is 0.729. The Morgan fingerprint density at radius 1 is 1.43 bits per heavy atom. The maximum Gasteiger partial charge on any atom is 0.234 e. The van der Waals surface area contributed by atoms with Crippen LogP contribution in [0.3, 0.4) is 0 Å². The van der Waals surface area contributed by atoms with E-state index < -0.39 is 6.10 Å². The van der Waals surface area contributed by atoms with Crippen LogP contribution in [-0.2, 0) is 11.3 Å². The van der Waals surface area contributed by atoms with Gasteiger partial charge in [0.15, 0.2) is 0 Å². The van der Waals surface area contributed by atoms with Crippen molar-refractivity contribution in [2.24, 2.45) is 5.92 Å². The number of piperidine rings is 1. The van der Waals surface area contributed by atoms with Gasteiger partial charge in [0, 0.05) is 25.6 Å². The van der Waals surface area contributed by atoms with Crippen molar-refractivity contribution in [3.05, 3.63) is 35.4 Å². The molecule has 0 spiro atoms. The van der Waals surface area contributed by atoms with Crippen molar-refractivity contribution in [1.29, 1.82) is 0 Å². The summed E-state index contributed by atoms with van der Waals surface area (Å²) in [5, 5.41) is 21.9. The highest BCUT2D eigenvalue weighted by Gasteiger charge is 2.27. The molecule has 0 bridgehead atoms. The molecule has 1 fully saturated rings. The average Bonchev–Trinajstić information content (AvgIpc) is 2.46. The molecule has 0 aliphatic carbocycles. The highest BCUT2D eigenvalue weighted by Crippen LogP contribution is 2.16. The number of hydrogen-bond donors (Lipinski definition) is 3. The minimum Gasteiger partial charge on any atom is -0.396 e. The van der Waals surface area contributed by atoms with Gasteiger partial charge in [-0.1, -0.05) is 24.3 Å². The van der Waals surface area contributed by atoms with Gasteiger partial charge in [-0.3, -0.25) is 9.69 Å². The average molecular weight is 292 g/mol. The molecular weight excluding hydrogens is 268 g/mol. The van der Waals surface area contributed by atoms with Crippen LogP contribution >= 0.6 is 0 Å². The van der Waals surface area contributed by atoms with Crippen molar-refractivity contribution < 1.29 is 15.0 Å². The van der Waals surface area contributed by atoms with E-state index in [0.717, 1.165) is 24.1 Å². The molecule has 2 rings (SSSR count). The molecule has 0 aromatic heterocycles. The van der Waals surface area contributed by atoms with Gasteiger partial charge in [-0.25, -0.2) is 0 Å². The zero-order valence-corrected chi connectivity index (χ0v) is 12.5. The zero-order chi connectivity index (χ0) is 15.2. The van der Waals surface area contributed by atoms with Crippen molar-refractivity contribution in [2.75, 3.05) is 26.2 Å². The standard InChI is InChI=1S/C16H24N2O3/c1-12-4-2-3-5-13(12)8-17-16(21)10-18-7-6-14(11-19)15(20)9-18/h2-5,14-15,19-20H,6-11H2,1H3,(H,17,21)/t14-,15+/m1/s1. The number of likely N-dealkylation sites (tertiary alicyclic amines) is 1. The van der Waals surface area contributed by atoms with Crippen LogP contribution in [0.5, 0.6) is 0 Å². The Hall–Kier alpha value is -1.43. The van der Waals surface area contributed by atoms with Crippen molar-refractivity contribution in [3.8, 4) is 0 Å². The molecule has 1 aromatic carbocycles. The Morgan fingerprint density at radius 2 is 2.19 bits per heavy atom. The van der Waals surface area contributed by atoms with Gasteiger partial charge >= 0.3 is 0 Å². The smallest absolute Gasteiger partial charge is 0.234 e. The maximum atomic E-state index is 12.0. The molecule has 1 saturated heterocycles. The molecule has 3 N–H and O–H groups in total. The van der Waals surface area contributed by atoms with Gasteiger partial charge in [0.2, 0.25) is 5.91 Å². The number of β-amino-alcohol motifs (C(OH)–C–C–N with tert-alkyl or cyclic N) is 1. The van der Waals surface area contributed by atoms with Gasteiger partial charge in [0.05, 0.1) is 12.6 Å². The summed E-state index contributed by atoms with van der Waals surface area (Å²) >= 11 is 0. The van der Waals surface area contributed by atoms with E-state index in [-0.39, 0.29) is 18.4 Å². The molecule has 0 unspecified atom stereocenters. The van der Waals surface area contributed by atoms with E-state index in [1.807, 2.05) is 36.1 Å². The van der Waals surface area contributed by atoms with Crippen LogP contribution in [0.2, 0.25) is 0 Å². The zero-order valence-electron chi connectivity index (χ0n) is 12.5. The third kappa shape index (κ3) is 4.52. The van der Waals surface area contributed by atoms with Gasteiger partial charge in [-0.05, 0) is 31.0 Å². The number of hydrogen-bond acceptors (Lipinski definition) is 4. The summed E-state index contributed by atoms with van der Waals surface area (Å²) in [5.74, 6) is -0.0934. The lowest BCUT2D eigenvalue weighted by Gasteiger charge is -2.34. The fourth-order valence-corrected chi connectivity index (χ4v) is 2.66. The first kappa shape index (κ1) is 15.9. The Labute approximate surface area is 125 Å². The van der Waals surface area contributed by atoms with Crippen LogP contribution in [0.15, 0.2) is 24.3 Å². The lowest BCUT2D eigenvalue weighted by atomic mass is 9.95. The fraction of sp³-hybridized carbons (Fsp3) is 0.562. The topological polar surface area (TPSA) is 72.8 Å². The van der Waals surface area contributed by atoms with Gasteiger partial charge in [-0.15, -0.1) is 0 Å². The number of aryl methyl sites for hydroxylation is 1. The van der Waals surface area contributed by atoms with E-state index in [2.05, 4.69) is 5.32 Å². The summed E-state index contributed by atoms with van der Waals surface area (Å²) in [6.45, 7) is 4.04. The van der Waals surface area contributed by atoms with Crippen molar-refractivity contribution >= 4 is 5.91 Å². The van der Waals surface area contributed by atoms with Crippen LogP contribution in [0.25, 0.3) is 0 Å². The number of nitrogens with one attached hydrogen (secondary N) is 1. The van der Waals surface area contributed by atoms with Crippen LogP contribution in [-0.4, -0.2) is 53.4 Å². The number of aliphatic hydroxyl groups excluding tert-OH is 2. The highest BCUT2D eigenvalue weighted by atomic mass is 16.3. The summed E-state index contributed by atoms with van der Waals surface area (Å²) < 4.78 is 0. The Kier molecular flexibility index (Phi) is 5.73. The number of aliphatic hydroxyl groups is 2. The van der Waals surface area contributed by atoms with Crippen LogP contribution in [0.4, 0.5) is 0 Å². The Bertz CT molecular complexity index is 478.